The summed E-state index contributed by atoms with van der Waals surface area (Å²) in [5, 5.41) is 10.2. The molecule has 3 N–H and O–H groups in total. The number of nitrogens with one attached hydrogen (secondary N) is 3. The molecule has 0 bridgehead atoms. The average molecular weight is 317 g/mol. The van der Waals surface area contributed by atoms with Crippen molar-refractivity contribution in [3.8, 4) is 0 Å². The molecule has 1 heterocycles. The summed E-state index contributed by atoms with van der Waals surface area (Å²) in [6.07, 6.45) is 0.678. The van der Waals surface area contributed by atoms with Crippen LogP contribution < -0.4 is 16.0 Å². The van der Waals surface area contributed by atoms with Gasteiger partial charge in [0.25, 0.3) is 5.91 Å². The lowest BCUT2D eigenvalue weighted by molar-refractivity contribution is 0.0963. The summed E-state index contributed by atoms with van der Waals surface area (Å²) in [5.74, 6) is -0.108. The summed E-state index contributed by atoms with van der Waals surface area (Å²) >= 11 is 1.61. The van der Waals surface area contributed by atoms with Gasteiger partial charge in [0.2, 0.25) is 0 Å². The summed E-state index contributed by atoms with van der Waals surface area (Å²) in [4.78, 5) is 24.3. The largest absolute Gasteiger partial charge is 0.355 e. The van der Waals surface area contributed by atoms with E-state index in [4.69, 9.17) is 0 Å². The third kappa shape index (κ3) is 4.89. The number of hydrogen-bond acceptors (Lipinski definition) is 3. The van der Waals surface area contributed by atoms with Gasteiger partial charge in [0.1, 0.15) is 0 Å². The normalized spacial score (nSPS) is 10.0. The number of amides is 3. The molecule has 1 aromatic heterocycles. The molecule has 3 amide bonds. The first-order chi connectivity index (χ1) is 10.7. The summed E-state index contributed by atoms with van der Waals surface area (Å²) in [7, 11) is 1.61. The number of thiophene rings is 1. The highest BCUT2D eigenvalue weighted by molar-refractivity contribution is 7.09. The zero-order chi connectivity index (χ0) is 15.8. The van der Waals surface area contributed by atoms with Gasteiger partial charge in [0, 0.05) is 24.0 Å². The molecule has 0 aliphatic rings. The molecule has 0 atom stereocenters. The maximum absolute atomic E-state index is 11.7. The van der Waals surface area contributed by atoms with Crippen LogP contribution in [0.15, 0.2) is 41.8 Å². The molecule has 0 saturated heterocycles. The van der Waals surface area contributed by atoms with E-state index in [9.17, 15) is 9.59 Å². The van der Waals surface area contributed by atoms with Gasteiger partial charge in [-0.1, -0.05) is 18.2 Å². The minimum absolute atomic E-state index is 0.108. The van der Waals surface area contributed by atoms with Crippen LogP contribution in [0.4, 0.5) is 4.79 Å². The van der Waals surface area contributed by atoms with Crippen LogP contribution in [0.2, 0.25) is 0 Å². The topological polar surface area (TPSA) is 70.2 Å². The van der Waals surface area contributed by atoms with Crippen molar-refractivity contribution >= 4 is 23.3 Å². The Morgan fingerprint density at radius 3 is 2.73 bits per heavy atom. The van der Waals surface area contributed by atoms with Crippen molar-refractivity contribution in [2.75, 3.05) is 13.6 Å². The Morgan fingerprint density at radius 2 is 2.00 bits per heavy atom. The summed E-state index contributed by atoms with van der Waals surface area (Å²) < 4.78 is 0. The van der Waals surface area contributed by atoms with E-state index >= 15 is 0 Å². The van der Waals surface area contributed by atoms with E-state index in [2.05, 4.69) is 16.0 Å². The fourth-order valence-corrected chi connectivity index (χ4v) is 2.62. The van der Waals surface area contributed by atoms with Gasteiger partial charge in [0.05, 0.1) is 6.54 Å². The Bertz CT molecular complexity index is 626. The highest BCUT2D eigenvalue weighted by atomic mass is 32.1. The molecule has 6 heteroatoms. The maximum Gasteiger partial charge on any atom is 0.315 e. The predicted molar refractivity (Wildman–Crippen MR) is 88.1 cm³/mol. The minimum Gasteiger partial charge on any atom is -0.355 e. The number of rotatable bonds is 6. The van der Waals surface area contributed by atoms with E-state index in [0.29, 0.717) is 25.1 Å². The number of carbonyl (C=O) groups excluding carboxylic acids is 2. The molecule has 0 saturated carbocycles. The van der Waals surface area contributed by atoms with Crippen LogP contribution in [0.3, 0.4) is 0 Å². The van der Waals surface area contributed by atoms with Gasteiger partial charge < -0.3 is 16.0 Å². The quantitative estimate of drug-likeness (QED) is 0.764. The molecule has 0 fully saturated rings. The maximum atomic E-state index is 11.7. The molecule has 2 aromatic rings. The van der Waals surface area contributed by atoms with Crippen LogP contribution >= 0.6 is 11.3 Å². The van der Waals surface area contributed by atoms with Gasteiger partial charge in [0.15, 0.2) is 0 Å². The Hall–Kier alpha value is -2.34. The van der Waals surface area contributed by atoms with Gasteiger partial charge in [-0.05, 0) is 35.6 Å². The molecule has 116 valence electrons. The SMILES string of the molecule is CNC(=O)c1cccc(CCNC(=O)NCc2cccs2)c1. The number of urea groups is 1. The number of hydrogen-bond donors (Lipinski definition) is 3. The molecule has 5 nitrogen and oxygen atoms in total. The Labute approximate surface area is 133 Å². The van der Waals surface area contributed by atoms with Gasteiger partial charge in [-0.3, -0.25) is 4.79 Å². The van der Waals surface area contributed by atoms with Gasteiger partial charge in [-0.25, -0.2) is 4.79 Å². The monoisotopic (exact) mass is 317 g/mol. The van der Waals surface area contributed by atoms with E-state index in [-0.39, 0.29) is 11.9 Å². The first-order valence-electron chi connectivity index (χ1n) is 7.04. The highest BCUT2D eigenvalue weighted by Gasteiger charge is 2.04. The summed E-state index contributed by atoms with van der Waals surface area (Å²) in [6.45, 7) is 1.06. The zero-order valence-electron chi connectivity index (χ0n) is 12.4. The predicted octanol–water partition coefficient (Wildman–Crippen LogP) is 2.15. The third-order valence-corrected chi connectivity index (χ3v) is 4.00. The summed E-state index contributed by atoms with van der Waals surface area (Å²) in [6, 6.07) is 11.1. The van der Waals surface area contributed by atoms with Crippen LogP contribution in [0.5, 0.6) is 0 Å². The van der Waals surface area contributed by atoms with E-state index in [1.165, 1.54) is 0 Å². The molecule has 2 rings (SSSR count). The molecular formula is C16H19N3O2S. The third-order valence-electron chi connectivity index (χ3n) is 3.12. The molecule has 1 aromatic carbocycles. The average Bonchev–Trinajstić information content (AvgIpc) is 3.06. The van der Waals surface area contributed by atoms with Crippen molar-refractivity contribution < 1.29 is 9.59 Å². The van der Waals surface area contributed by atoms with Crippen LogP contribution in [-0.2, 0) is 13.0 Å². The molecular weight excluding hydrogens is 298 g/mol. The Kier molecular flexibility index (Phi) is 5.97. The number of carbonyl (C=O) groups is 2. The van der Waals surface area contributed by atoms with Crippen LogP contribution in [0, 0.1) is 0 Å². The molecule has 0 radical (unpaired) electrons. The van der Waals surface area contributed by atoms with Crippen molar-refractivity contribution in [1.29, 1.82) is 0 Å². The van der Waals surface area contributed by atoms with Crippen molar-refractivity contribution in [2.24, 2.45) is 0 Å². The Morgan fingerprint density at radius 1 is 1.14 bits per heavy atom. The van der Waals surface area contributed by atoms with Gasteiger partial charge >= 0.3 is 6.03 Å². The minimum atomic E-state index is -0.184. The van der Waals surface area contributed by atoms with Crippen molar-refractivity contribution in [3.63, 3.8) is 0 Å². The second-order valence-electron chi connectivity index (χ2n) is 4.72. The molecule has 0 unspecified atom stereocenters. The van der Waals surface area contributed by atoms with Crippen molar-refractivity contribution in [3.05, 3.63) is 57.8 Å². The fraction of sp³-hybridized carbons (Fsp3) is 0.250. The van der Waals surface area contributed by atoms with Crippen LogP contribution in [-0.4, -0.2) is 25.5 Å². The molecule has 0 spiro atoms. The van der Waals surface area contributed by atoms with Gasteiger partial charge in [-0.2, -0.15) is 0 Å². The molecule has 22 heavy (non-hydrogen) atoms. The fourth-order valence-electron chi connectivity index (χ4n) is 1.98. The van der Waals surface area contributed by atoms with E-state index in [1.807, 2.05) is 35.7 Å². The second kappa shape index (κ2) is 8.19. The standard InChI is InChI=1S/C16H19N3O2S/c1-17-15(20)13-5-2-4-12(10-13)7-8-18-16(21)19-11-14-6-3-9-22-14/h2-6,9-10H,7-8,11H2,1H3,(H,17,20)(H2,18,19,21). The lowest BCUT2D eigenvalue weighted by Crippen LogP contribution is -2.36. The lowest BCUT2D eigenvalue weighted by atomic mass is 10.1. The summed E-state index contributed by atoms with van der Waals surface area (Å²) in [5.41, 5.74) is 1.64. The highest BCUT2D eigenvalue weighted by Crippen LogP contribution is 2.07. The molecule has 0 aliphatic heterocycles. The lowest BCUT2D eigenvalue weighted by Gasteiger charge is -2.08. The van der Waals surface area contributed by atoms with E-state index in [1.54, 1.807) is 24.5 Å². The molecule has 0 aliphatic carbocycles. The first-order valence-corrected chi connectivity index (χ1v) is 7.92. The first kappa shape index (κ1) is 16.0. The van der Waals surface area contributed by atoms with Crippen molar-refractivity contribution in [2.45, 2.75) is 13.0 Å². The van der Waals surface area contributed by atoms with Gasteiger partial charge in [-0.15, -0.1) is 11.3 Å². The zero-order valence-corrected chi connectivity index (χ0v) is 13.2. The van der Waals surface area contributed by atoms with E-state index in [0.717, 1.165) is 10.4 Å². The van der Waals surface area contributed by atoms with Crippen LogP contribution in [0.1, 0.15) is 20.8 Å². The second-order valence-corrected chi connectivity index (χ2v) is 5.75. The van der Waals surface area contributed by atoms with Crippen molar-refractivity contribution in [1.82, 2.24) is 16.0 Å². The smallest absolute Gasteiger partial charge is 0.315 e. The van der Waals surface area contributed by atoms with E-state index < -0.39 is 0 Å². The Balaban J connectivity index is 1.73. The number of benzene rings is 1. The van der Waals surface area contributed by atoms with Crippen LogP contribution in [0.25, 0.3) is 0 Å².